The van der Waals surface area contributed by atoms with Gasteiger partial charge in [0.25, 0.3) is 5.56 Å². The van der Waals surface area contributed by atoms with Crippen LogP contribution < -0.4 is 5.56 Å². The molecule has 0 radical (unpaired) electrons. The van der Waals surface area contributed by atoms with E-state index in [2.05, 4.69) is 22.2 Å². The number of hydrogen-bond donors (Lipinski definition) is 0. The molecule has 0 aliphatic rings. The molecular formula is C22H21N5O2. The lowest BCUT2D eigenvalue weighted by molar-refractivity contribution is -0.131. The molecule has 0 atom stereocenters. The van der Waals surface area contributed by atoms with Gasteiger partial charge < -0.3 is 9.47 Å². The first-order valence-corrected chi connectivity index (χ1v) is 9.34. The van der Waals surface area contributed by atoms with Gasteiger partial charge in [0.15, 0.2) is 0 Å². The summed E-state index contributed by atoms with van der Waals surface area (Å²) in [5.74, 6) is 0.577. The zero-order chi connectivity index (χ0) is 20.2. The molecule has 0 spiro atoms. The van der Waals surface area contributed by atoms with Crippen molar-refractivity contribution in [2.75, 3.05) is 7.05 Å². The van der Waals surface area contributed by atoms with Gasteiger partial charge in [-0.25, -0.2) is 9.67 Å². The largest absolute Gasteiger partial charge is 0.337 e. The van der Waals surface area contributed by atoms with Gasteiger partial charge in [-0.3, -0.25) is 9.59 Å². The molecule has 7 nitrogen and oxygen atoms in total. The summed E-state index contributed by atoms with van der Waals surface area (Å²) in [7, 11) is 1.70. The van der Waals surface area contributed by atoms with Crippen LogP contribution >= 0.6 is 0 Å². The summed E-state index contributed by atoms with van der Waals surface area (Å²) in [5, 5.41) is 5.45. The zero-order valence-corrected chi connectivity index (χ0v) is 16.1. The number of carbonyl (C=O) groups excluding carboxylic acids is 1. The Hall–Kier alpha value is -3.74. The van der Waals surface area contributed by atoms with Crippen molar-refractivity contribution in [3.63, 3.8) is 0 Å². The third-order valence-corrected chi connectivity index (χ3v) is 4.85. The number of benzene rings is 2. The minimum atomic E-state index is -0.268. The first-order valence-electron chi connectivity index (χ1n) is 9.34. The second-order valence-electron chi connectivity index (χ2n) is 6.90. The standard InChI is InChI=1S/C22H21N5O2/c1-25(15-20-23-11-12-26(20)14-17-7-3-2-4-8-17)21(28)16-27-22(29)19-10-6-5-9-18(19)13-24-27/h2-13H,14-16H2,1H3. The van der Waals surface area contributed by atoms with Gasteiger partial charge in [0.2, 0.25) is 5.91 Å². The summed E-state index contributed by atoms with van der Waals surface area (Å²) in [6.45, 7) is 0.921. The van der Waals surface area contributed by atoms with Gasteiger partial charge in [0.1, 0.15) is 12.4 Å². The van der Waals surface area contributed by atoms with Crippen LogP contribution in [0.25, 0.3) is 10.8 Å². The van der Waals surface area contributed by atoms with E-state index in [0.29, 0.717) is 18.5 Å². The van der Waals surface area contributed by atoms with Crippen LogP contribution in [0.15, 0.2) is 78.0 Å². The number of amides is 1. The predicted molar refractivity (Wildman–Crippen MR) is 110 cm³/mol. The Labute approximate surface area is 167 Å². The van der Waals surface area contributed by atoms with E-state index in [9.17, 15) is 9.59 Å². The molecule has 0 fully saturated rings. The van der Waals surface area contributed by atoms with Crippen LogP contribution in [0.1, 0.15) is 11.4 Å². The Bertz CT molecular complexity index is 1200. The third-order valence-electron chi connectivity index (χ3n) is 4.85. The molecule has 0 N–H and O–H groups in total. The maximum atomic E-state index is 12.7. The fraction of sp³-hybridized carbons (Fsp3) is 0.182. The minimum absolute atomic E-state index is 0.112. The van der Waals surface area contributed by atoms with Crippen LogP contribution in [0.2, 0.25) is 0 Å². The molecule has 1 amide bonds. The molecule has 2 heterocycles. The predicted octanol–water partition coefficient (Wildman–Crippen LogP) is 2.30. The molecule has 0 saturated carbocycles. The third kappa shape index (κ3) is 4.08. The smallest absolute Gasteiger partial charge is 0.275 e. The number of aromatic nitrogens is 4. The monoisotopic (exact) mass is 387 g/mol. The van der Waals surface area contributed by atoms with Crippen molar-refractivity contribution in [2.24, 2.45) is 0 Å². The summed E-state index contributed by atoms with van der Waals surface area (Å²) in [4.78, 5) is 31.2. The molecular weight excluding hydrogens is 366 g/mol. The summed E-state index contributed by atoms with van der Waals surface area (Å²) >= 11 is 0. The molecule has 7 heteroatoms. The fourth-order valence-electron chi connectivity index (χ4n) is 3.21. The number of carbonyl (C=O) groups is 1. The molecule has 2 aromatic carbocycles. The summed E-state index contributed by atoms with van der Waals surface area (Å²) in [5.41, 5.74) is 0.892. The van der Waals surface area contributed by atoms with E-state index >= 15 is 0 Å². The minimum Gasteiger partial charge on any atom is -0.337 e. The van der Waals surface area contributed by atoms with Gasteiger partial charge in [0.05, 0.1) is 18.1 Å². The average Bonchev–Trinajstić information content (AvgIpc) is 3.17. The topological polar surface area (TPSA) is 73.0 Å². The highest BCUT2D eigenvalue weighted by Gasteiger charge is 2.15. The van der Waals surface area contributed by atoms with Crippen molar-refractivity contribution in [3.8, 4) is 0 Å². The number of hydrogen-bond acceptors (Lipinski definition) is 4. The van der Waals surface area contributed by atoms with Crippen LogP contribution in [0.5, 0.6) is 0 Å². The second-order valence-corrected chi connectivity index (χ2v) is 6.90. The lowest BCUT2D eigenvalue weighted by Gasteiger charge is -2.18. The maximum absolute atomic E-state index is 12.7. The molecule has 0 aliphatic carbocycles. The molecule has 0 bridgehead atoms. The van der Waals surface area contributed by atoms with Gasteiger partial charge in [-0.05, 0) is 11.6 Å². The first-order chi connectivity index (χ1) is 14.1. The Morgan fingerprint density at radius 1 is 1.07 bits per heavy atom. The molecule has 0 aliphatic heterocycles. The molecule has 29 heavy (non-hydrogen) atoms. The van der Waals surface area contributed by atoms with Crippen molar-refractivity contribution in [2.45, 2.75) is 19.6 Å². The molecule has 2 aromatic heterocycles. The van der Waals surface area contributed by atoms with Crippen molar-refractivity contribution in [3.05, 3.63) is 94.9 Å². The fourth-order valence-corrected chi connectivity index (χ4v) is 3.21. The van der Waals surface area contributed by atoms with E-state index in [1.807, 2.05) is 41.1 Å². The van der Waals surface area contributed by atoms with Gasteiger partial charge in [-0.1, -0.05) is 48.5 Å². The average molecular weight is 387 g/mol. The van der Waals surface area contributed by atoms with Gasteiger partial charge in [-0.15, -0.1) is 0 Å². The normalized spacial score (nSPS) is 10.9. The van der Waals surface area contributed by atoms with Crippen LogP contribution in [0.3, 0.4) is 0 Å². The van der Waals surface area contributed by atoms with Crippen molar-refractivity contribution < 1.29 is 4.79 Å². The number of imidazole rings is 1. The van der Waals surface area contributed by atoms with Gasteiger partial charge >= 0.3 is 0 Å². The number of nitrogens with zero attached hydrogens (tertiary/aromatic N) is 5. The number of rotatable bonds is 6. The molecule has 0 unspecified atom stereocenters. The highest BCUT2D eigenvalue weighted by atomic mass is 16.2. The van der Waals surface area contributed by atoms with Crippen LogP contribution in [0.4, 0.5) is 0 Å². The summed E-state index contributed by atoms with van der Waals surface area (Å²) in [6, 6.07) is 17.3. The maximum Gasteiger partial charge on any atom is 0.275 e. The lowest BCUT2D eigenvalue weighted by Crippen LogP contribution is -2.35. The highest BCUT2D eigenvalue weighted by Crippen LogP contribution is 2.09. The van der Waals surface area contributed by atoms with Gasteiger partial charge in [0, 0.05) is 31.4 Å². The van der Waals surface area contributed by atoms with E-state index in [1.54, 1.807) is 36.5 Å². The van der Waals surface area contributed by atoms with E-state index in [-0.39, 0.29) is 18.0 Å². The first kappa shape index (κ1) is 18.6. The Kier molecular flexibility index (Phi) is 5.20. The SMILES string of the molecule is CN(Cc1nccn1Cc1ccccc1)C(=O)Cn1ncc2ccccc2c1=O. The Balaban J connectivity index is 1.47. The van der Waals surface area contributed by atoms with E-state index in [4.69, 9.17) is 0 Å². The lowest BCUT2D eigenvalue weighted by atomic mass is 10.2. The quantitative estimate of drug-likeness (QED) is 0.509. The van der Waals surface area contributed by atoms with Crippen molar-refractivity contribution in [1.29, 1.82) is 0 Å². The van der Waals surface area contributed by atoms with Gasteiger partial charge in [-0.2, -0.15) is 5.10 Å². The van der Waals surface area contributed by atoms with Crippen LogP contribution in [0, 0.1) is 0 Å². The van der Waals surface area contributed by atoms with E-state index in [1.165, 1.54) is 4.68 Å². The summed E-state index contributed by atoms with van der Waals surface area (Å²) < 4.78 is 3.22. The van der Waals surface area contributed by atoms with Crippen molar-refractivity contribution >= 4 is 16.7 Å². The van der Waals surface area contributed by atoms with E-state index in [0.717, 1.165) is 16.8 Å². The van der Waals surface area contributed by atoms with Crippen LogP contribution in [-0.2, 0) is 24.4 Å². The summed E-state index contributed by atoms with van der Waals surface area (Å²) in [6.07, 6.45) is 5.23. The number of likely N-dealkylation sites (N-methyl/N-ethyl adjacent to an activating group) is 1. The number of fused-ring (bicyclic) bond motifs is 1. The molecule has 0 saturated heterocycles. The Morgan fingerprint density at radius 2 is 1.83 bits per heavy atom. The zero-order valence-electron chi connectivity index (χ0n) is 16.1. The molecule has 4 aromatic rings. The Morgan fingerprint density at radius 3 is 2.66 bits per heavy atom. The van der Waals surface area contributed by atoms with Crippen LogP contribution in [-0.4, -0.2) is 37.2 Å². The molecule has 4 rings (SSSR count). The van der Waals surface area contributed by atoms with E-state index < -0.39 is 0 Å². The molecule has 146 valence electrons. The highest BCUT2D eigenvalue weighted by molar-refractivity contribution is 5.81. The second kappa shape index (κ2) is 8.10. The van der Waals surface area contributed by atoms with Crippen molar-refractivity contribution in [1.82, 2.24) is 24.2 Å².